The molecule has 1 aromatic heterocycles. The average molecular weight is 543 g/mol. The van der Waals surface area contributed by atoms with Crippen LogP contribution in [0.5, 0.6) is 5.75 Å². The van der Waals surface area contributed by atoms with E-state index in [-0.39, 0.29) is 18.5 Å². The molecule has 2 atom stereocenters. The van der Waals surface area contributed by atoms with E-state index in [2.05, 4.69) is 16.9 Å². The smallest absolute Gasteiger partial charge is 0.490 e. The zero-order valence-corrected chi connectivity index (χ0v) is 20.8. The van der Waals surface area contributed by atoms with E-state index in [1.807, 2.05) is 49.4 Å². The minimum atomic E-state index is -5.08. The number of nitrogens with two attached hydrogens (primary N) is 1. The molecule has 4 N–H and O–H groups in total. The molecule has 1 aliphatic heterocycles. The highest BCUT2D eigenvalue weighted by atomic mass is 32.2. The standard InChI is InChI=1S/C22H24N2O3S2.C2HF3O2/c1-15-7-10-22(28-15)29(25,26)24-13-17-8-9-21-19(12-17)18(20(23)14-27-21)11-16-5-3-2-4-6-16;3-2(4,5)1(6)7/h2-10,12,18,20,24H,11,13-14,23H2,1H3;(H,6,7). The van der Waals surface area contributed by atoms with Crippen molar-refractivity contribution in [2.24, 2.45) is 5.73 Å². The summed E-state index contributed by atoms with van der Waals surface area (Å²) in [5, 5.41) is 7.12. The van der Waals surface area contributed by atoms with Gasteiger partial charge in [-0.1, -0.05) is 42.5 Å². The molecule has 0 fully saturated rings. The first-order chi connectivity index (χ1) is 16.9. The number of aliphatic carboxylic acids is 1. The zero-order chi connectivity index (χ0) is 26.5. The Labute approximate surface area is 210 Å². The molecule has 2 aromatic carbocycles. The lowest BCUT2D eigenvalue weighted by Crippen LogP contribution is -2.39. The normalized spacial score (nSPS) is 17.4. The number of carbonyl (C=O) groups is 1. The summed E-state index contributed by atoms with van der Waals surface area (Å²) < 4.78 is 65.6. The summed E-state index contributed by atoms with van der Waals surface area (Å²) in [5.41, 5.74) is 9.52. The number of aryl methyl sites for hydroxylation is 1. The molecule has 7 nitrogen and oxygen atoms in total. The number of ether oxygens (including phenoxy) is 1. The molecule has 2 unspecified atom stereocenters. The SMILES string of the molecule is Cc1ccc(S(=O)(=O)NCc2ccc3c(c2)C(Cc2ccccc2)C(N)CO3)s1.O=C(O)C(F)(F)F. The highest BCUT2D eigenvalue weighted by molar-refractivity contribution is 7.91. The van der Waals surface area contributed by atoms with Crippen molar-refractivity contribution in [3.63, 3.8) is 0 Å². The van der Waals surface area contributed by atoms with Gasteiger partial charge in [0.05, 0.1) is 0 Å². The molecule has 4 rings (SSSR count). The summed E-state index contributed by atoms with van der Waals surface area (Å²) in [6.07, 6.45) is -4.26. The van der Waals surface area contributed by atoms with Gasteiger partial charge in [-0.25, -0.2) is 17.9 Å². The minimum Gasteiger partial charge on any atom is -0.492 e. The van der Waals surface area contributed by atoms with Gasteiger partial charge < -0.3 is 15.6 Å². The molecule has 0 spiro atoms. The third kappa shape index (κ3) is 7.29. The molecule has 36 heavy (non-hydrogen) atoms. The lowest BCUT2D eigenvalue weighted by Gasteiger charge is -2.32. The number of thiophene rings is 1. The largest absolute Gasteiger partial charge is 0.492 e. The second-order valence-corrected chi connectivity index (χ2v) is 11.4. The quantitative estimate of drug-likeness (QED) is 0.429. The first-order valence-corrected chi connectivity index (χ1v) is 13.1. The van der Waals surface area contributed by atoms with Crippen LogP contribution in [0.2, 0.25) is 0 Å². The molecule has 3 aromatic rings. The Balaban J connectivity index is 0.000000454. The first-order valence-electron chi connectivity index (χ1n) is 10.8. The van der Waals surface area contributed by atoms with E-state index in [0.717, 1.165) is 28.2 Å². The second-order valence-electron chi connectivity index (χ2n) is 8.14. The fourth-order valence-electron chi connectivity index (χ4n) is 3.60. The van der Waals surface area contributed by atoms with Crippen molar-refractivity contribution in [3.05, 3.63) is 82.2 Å². The zero-order valence-electron chi connectivity index (χ0n) is 19.2. The van der Waals surface area contributed by atoms with Gasteiger partial charge in [0, 0.05) is 23.4 Å². The van der Waals surface area contributed by atoms with E-state index in [1.54, 1.807) is 6.07 Å². The molecule has 0 saturated carbocycles. The molecule has 12 heteroatoms. The maximum atomic E-state index is 12.5. The molecule has 0 amide bonds. The summed E-state index contributed by atoms with van der Waals surface area (Å²) in [5.74, 6) is -1.81. The fourth-order valence-corrected chi connectivity index (χ4v) is 5.94. The van der Waals surface area contributed by atoms with Crippen molar-refractivity contribution in [3.8, 4) is 5.75 Å². The van der Waals surface area contributed by atoms with Crippen LogP contribution < -0.4 is 15.2 Å². The van der Waals surface area contributed by atoms with E-state index >= 15 is 0 Å². The van der Waals surface area contributed by atoms with Crippen LogP contribution in [0.1, 0.15) is 27.5 Å². The maximum absolute atomic E-state index is 12.5. The van der Waals surface area contributed by atoms with Crippen molar-refractivity contribution < 1.29 is 36.2 Å². The van der Waals surface area contributed by atoms with Crippen LogP contribution in [0.3, 0.4) is 0 Å². The number of hydrogen-bond acceptors (Lipinski definition) is 6. The minimum absolute atomic E-state index is 0.108. The van der Waals surface area contributed by atoms with Crippen LogP contribution in [0.15, 0.2) is 64.9 Å². The van der Waals surface area contributed by atoms with Gasteiger partial charge in [-0.05, 0) is 48.2 Å². The van der Waals surface area contributed by atoms with Crippen molar-refractivity contribution in [1.82, 2.24) is 4.72 Å². The lowest BCUT2D eigenvalue weighted by atomic mass is 9.84. The Bertz CT molecular complexity index is 1290. The Morgan fingerprint density at radius 2 is 1.81 bits per heavy atom. The van der Waals surface area contributed by atoms with Gasteiger partial charge in [-0.3, -0.25) is 0 Å². The van der Waals surface area contributed by atoms with E-state index in [4.69, 9.17) is 20.4 Å². The monoisotopic (exact) mass is 542 g/mol. The number of rotatable bonds is 6. The van der Waals surface area contributed by atoms with Crippen molar-refractivity contribution in [1.29, 1.82) is 0 Å². The van der Waals surface area contributed by atoms with Gasteiger partial charge >= 0.3 is 12.1 Å². The number of alkyl halides is 3. The number of halogens is 3. The van der Waals surface area contributed by atoms with Crippen LogP contribution in [-0.4, -0.2) is 38.3 Å². The molecular formula is C24H25F3N2O5S2. The summed E-state index contributed by atoms with van der Waals surface area (Å²) in [6, 6.07) is 19.4. The van der Waals surface area contributed by atoms with Crippen LogP contribution in [0, 0.1) is 6.92 Å². The lowest BCUT2D eigenvalue weighted by molar-refractivity contribution is -0.192. The molecule has 194 valence electrons. The first kappa shape index (κ1) is 27.7. The van der Waals surface area contributed by atoms with Crippen LogP contribution >= 0.6 is 11.3 Å². The van der Waals surface area contributed by atoms with Crippen molar-refractivity contribution >= 4 is 27.3 Å². The number of carboxylic acids is 1. The summed E-state index contributed by atoms with van der Waals surface area (Å²) in [7, 11) is -3.52. The molecule has 0 saturated heterocycles. The third-order valence-electron chi connectivity index (χ3n) is 5.41. The molecule has 2 heterocycles. The Hall–Kier alpha value is -2.93. The second kappa shape index (κ2) is 11.4. The van der Waals surface area contributed by atoms with E-state index in [0.29, 0.717) is 10.8 Å². The maximum Gasteiger partial charge on any atom is 0.490 e. The van der Waals surface area contributed by atoms with Gasteiger partial charge in [-0.15, -0.1) is 11.3 Å². The van der Waals surface area contributed by atoms with Gasteiger partial charge in [0.2, 0.25) is 10.0 Å². The predicted molar refractivity (Wildman–Crippen MR) is 130 cm³/mol. The number of fused-ring (bicyclic) bond motifs is 1. The summed E-state index contributed by atoms with van der Waals surface area (Å²) >= 11 is 1.27. The van der Waals surface area contributed by atoms with Crippen LogP contribution in [0.25, 0.3) is 0 Å². The Morgan fingerprint density at radius 3 is 2.39 bits per heavy atom. The molecule has 1 aliphatic rings. The average Bonchev–Trinajstić information content (AvgIpc) is 3.27. The van der Waals surface area contributed by atoms with Gasteiger partial charge in [0.25, 0.3) is 0 Å². The predicted octanol–water partition coefficient (Wildman–Crippen LogP) is 4.21. The fraction of sp³-hybridized carbons (Fsp3) is 0.292. The van der Waals surface area contributed by atoms with E-state index < -0.39 is 22.2 Å². The Kier molecular flexibility index (Phi) is 8.77. The van der Waals surface area contributed by atoms with E-state index in [1.165, 1.54) is 16.9 Å². The molecule has 0 bridgehead atoms. The number of benzene rings is 2. The summed E-state index contributed by atoms with van der Waals surface area (Å²) in [6.45, 7) is 2.59. The third-order valence-corrected chi connectivity index (χ3v) is 8.30. The van der Waals surface area contributed by atoms with Crippen molar-refractivity contribution in [2.75, 3.05) is 6.61 Å². The Morgan fingerprint density at radius 1 is 1.14 bits per heavy atom. The number of nitrogens with one attached hydrogen (secondary N) is 1. The molecular weight excluding hydrogens is 517 g/mol. The number of sulfonamides is 1. The number of carboxylic acid groups (broad SMARTS) is 1. The summed E-state index contributed by atoms with van der Waals surface area (Å²) in [4.78, 5) is 9.86. The highest BCUT2D eigenvalue weighted by Gasteiger charge is 2.38. The van der Waals surface area contributed by atoms with E-state index in [9.17, 15) is 21.6 Å². The molecule has 0 radical (unpaired) electrons. The van der Waals surface area contributed by atoms with Crippen molar-refractivity contribution in [2.45, 2.75) is 42.2 Å². The highest BCUT2D eigenvalue weighted by Crippen LogP contribution is 2.36. The van der Waals surface area contributed by atoms with Crippen LogP contribution in [0.4, 0.5) is 13.2 Å². The van der Waals surface area contributed by atoms with Gasteiger partial charge in [-0.2, -0.15) is 13.2 Å². The van der Waals surface area contributed by atoms with Gasteiger partial charge in [0.1, 0.15) is 16.6 Å². The number of hydrogen-bond donors (Lipinski definition) is 3. The van der Waals surface area contributed by atoms with Crippen LogP contribution in [-0.2, 0) is 27.8 Å². The topological polar surface area (TPSA) is 119 Å². The molecule has 0 aliphatic carbocycles. The van der Waals surface area contributed by atoms with Gasteiger partial charge in [0.15, 0.2) is 0 Å².